The highest BCUT2D eigenvalue weighted by Crippen LogP contribution is 2.26. The largest absolute Gasteiger partial charge is 0.419 e. The molecular formula is C6H11O5-. The lowest BCUT2D eigenvalue weighted by Crippen LogP contribution is -2.43. The smallest absolute Gasteiger partial charge is 0.184 e. The summed E-state index contributed by atoms with van der Waals surface area (Å²) in [7, 11) is 0. The zero-order valence-corrected chi connectivity index (χ0v) is 5.84. The highest BCUT2D eigenvalue weighted by Gasteiger charge is 2.38. The van der Waals surface area contributed by atoms with E-state index in [4.69, 9.17) is 20.1 Å². The molecule has 1 rings (SSSR count). The van der Waals surface area contributed by atoms with Gasteiger partial charge >= 0.3 is 0 Å². The van der Waals surface area contributed by atoms with Crippen LogP contribution in [0.2, 0.25) is 0 Å². The Morgan fingerprint density at radius 3 is 2.36 bits per heavy atom. The Labute approximate surface area is 63.8 Å². The molecule has 0 aromatic carbocycles. The molecule has 0 aromatic rings. The van der Waals surface area contributed by atoms with E-state index in [0.717, 1.165) is 0 Å². The van der Waals surface area contributed by atoms with Crippen molar-refractivity contribution >= 4 is 0 Å². The van der Waals surface area contributed by atoms with Gasteiger partial charge < -0.3 is 25.2 Å². The van der Waals surface area contributed by atoms with E-state index in [1.165, 1.54) is 6.42 Å². The van der Waals surface area contributed by atoms with E-state index in [9.17, 15) is 5.11 Å². The van der Waals surface area contributed by atoms with E-state index >= 15 is 0 Å². The summed E-state index contributed by atoms with van der Waals surface area (Å²) < 4.78 is 4.71. The fourth-order valence-corrected chi connectivity index (χ4v) is 0.954. The van der Waals surface area contributed by atoms with Crippen LogP contribution >= 0.6 is 0 Å². The van der Waals surface area contributed by atoms with Crippen LogP contribution in [0.1, 0.15) is 0 Å². The molecule has 0 aliphatic carbocycles. The van der Waals surface area contributed by atoms with Gasteiger partial charge in [0.1, 0.15) is 0 Å². The molecule has 0 spiro atoms. The van der Waals surface area contributed by atoms with Crippen LogP contribution in [0.3, 0.4) is 0 Å². The second-order valence-corrected chi connectivity index (χ2v) is 2.48. The van der Waals surface area contributed by atoms with Crippen LogP contribution in [0.4, 0.5) is 0 Å². The Morgan fingerprint density at radius 1 is 1.45 bits per heavy atom. The third kappa shape index (κ3) is 1.52. The van der Waals surface area contributed by atoms with Crippen molar-refractivity contribution in [3.63, 3.8) is 0 Å². The van der Waals surface area contributed by atoms with Crippen molar-refractivity contribution in [2.45, 2.75) is 18.0 Å². The zero-order chi connectivity index (χ0) is 8.48. The van der Waals surface area contributed by atoms with E-state index in [2.05, 4.69) is 0 Å². The van der Waals surface area contributed by atoms with E-state index < -0.39 is 24.6 Å². The Hall–Kier alpha value is -0.200. The third-order valence-electron chi connectivity index (χ3n) is 1.62. The maximum absolute atomic E-state index is 9.21. The molecular weight excluding hydrogens is 152 g/mol. The highest BCUT2D eigenvalue weighted by molar-refractivity contribution is 5.00. The Balaban J connectivity index is 2.57. The number of aliphatic hydroxyl groups is 4. The normalized spacial score (nSPS) is 44.7. The van der Waals surface area contributed by atoms with Gasteiger partial charge in [0.2, 0.25) is 0 Å². The lowest BCUT2D eigenvalue weighted by atomic mass is 10.1. The number of hydrogen-bond acceptors (Lipinski definition) is 5. The maximum Gasteiger partial charge on any atom is 0.184 e. The SMILES string of the molecule is OC[C@@H]1[CH-][C@H](O)[C@@](O)(CO)O1. The molecule has 1 heterocycles. The molecule has 4 N–H and O–H groups in total. The highest BCUT2D eigenvalue weighted by atomic mass is 16.7. The van der Waals surface area contributed by atoms with Crippen LogP contribution in [0, 0.1) is 6.42 Å². The summed E-state index contributed by atoms with van der Waals surface area (Å²) >= 11 is 0. The molecule has 1 saturated heterocycles. The third-order valence-corrected chi connectivity index (χ3v) is 1.62. The Kier molecular flexibility index (Phi) is 2.46. The van der Waals surface area contributed by atoms with Gasteiger partial charge in [-0.05, 0) is 12.2 Å². The first-order chi connectivity index (χ1) is 5.12. The molecule has 1 aliphatic heterocycles. The van der Waals surface area contributed by atoms with E-state index in [0.29, 0.717) is 0 Å². The number of rotatable bonds is 2. The lowest BCUT2D eigenvalue weighted by molar-refractivity contribution is -0.247. The van der Waals surface area contributed by atoms with Crippen molar-refractivity contribution in [2.75, 3.05) is 13.2 Å². The average Bonchev–Trinajstić information content (AvgIpc) is 2.29. The van der Waals surface area contributed by atoms with Crippen LogP contribution in [-0.2, 0) is 4.74 Å². The topological polar surface area (TPSA) is 90.2 Å². The molecule has 5 nitrogen and oxygen atoms in total. The fraction of sp³-hybridized carbons (Fsp3) is 0.833. The summed E-state index contributed by atoms with van der Waals surface area (Å²) in [6.07, 6.45) is -0.720. The molecule has 1 aliphatic rings. The summed E-state index contributed by atoms with van der Waals surface area (Å²) in [4.78, 5) is 0. The predicted molar refractivity (Wildman–Crippen MR) is 34.3 cm³/mol. The molecule has 0 aromatic heterocycles. The molecule has 5 heteroatoms. The van der Waals surface area contributed by atoms with Gasteiger partial charge in [0.05, 0.1) is 6.61 Å². The van der Waals surface area contributed by atoms with Gasteiger partial charge in [-0.1, -0.05) is 0 Å². The van der Waals surface area contributed by atoms with Gasteiger partial charge in [-0.15, -0.1) is 0 Å². The molecule has 1 fully saturated rings. The second-order valence-electron chi connectivity index (χ2n) is 2.48. The number of aliphatic hydroxyl groups excluding tert-OH is 3. The number of hydrogen-bond donors (Lipinski definition) is 4. The summed E-state index contributed by atoms with van der Waals surface area (Å²) in [6, 6.07) is 0. The predicted octanol–water partition coefficient (Wildman–Crippen LogP) is -2.38. The fourth-order valence-electron chi connectivity index (χ4n) is 0.954. The summed E-state index contributed by atoms with van der Waals surface area (Å²) in [5.74, 6) is -1.94. The van der Waals surface area contributed by atoms with Crippen molar-refractivity contribution in [2.24, 2.45) is 0 Å². The van der Waals surface area contributed by atoms with Crippen molar-refractivity contribution < 1.29 is 25.2 Å². The first-order valence-corrected chi connectivity index (χ1v) is 3.27. The molecule has 11 heavy (non-hydrogen) atoms. The average molecular weight is 163 g/mol. The minimum absolute atomic E-state index is 0.320. The monoisotopic (exact) mass is 163 g/mol. The van der Waals surface area contributed by atoms with Gasteiger partial charge in [0, 0.05) is 6.61 Å². The standard InChI is InChI=1S/C6H11O5/c7-2-4-1-5(9)6(10,3-8)11-4/h1,4-5,7-10H,2-3H2/q-1/t4-,5-,6+/m0/s1. The molecule has 0 unspecified atom stereocenters. The molecule has 0 amide bonds. The maximum atomic E-state index is 9.21. The van der Waals surface area contributed by atoms with Crippen LogP contribution in [0.5, 0.6) is 0 Å². The van der Waals surface area contributed by atoms with Crippen molar-refractivity contribution in [3.05, 3.63) is 6.42 Å². The summed E-state index contributed by atoms with van der Waals surface area (Å²) in [5, 5.41) is 35.4. The Bertz CT molecular complexity index is 139. The van der Waals surface area contributed by atoms with Crippen LogP contribution < -0.4 is 0 Å². The van der Waals surface area contributed by atoms with Crippen molar-refractivity contribution in [3.8, 4) is 0 Å². The first kappa shape index (κ1) is 8.89. The lowest BCUT2D eigenvalue weighted by Gasteiger charge is -2.27. The Morgan fingerprint density at radius 2 is 2.09 bits per heavy atom. The van der Waals surface area contributed by atoms with Crippen molar-refractivity contribution in [1.29, 1.82) is 0 Å². The van der Waals surface area contributed by atoms with Crippen LogP contribution in [-0.4, -0.2) is 51.6 Å². The summed E-state index contributed by atoms with van der Waals surface area (Å²) in [5.41, 5.74) is 0. The minimum atomic E-state index is -1.94. The van der Waals surface area contributed by atoms with E-state index in [1.807, 2.05) is 0 Å². The van der Waals surface area contributed by atoms with Crippen LogP contribution in [0.25, 0.3) is 0 Å². The van der Waals surface area contributed by atoms with Gasteiger partial charge in [-0.3, -0.25) is 6.42 Å². The van der Waals surface area contributed by atoms with Crippen molar-refractivity contribution in [1.82, 2.24) is 0 Å². The molecule has 3 atom stereocenters. The molecule has 0 bridgehead atoms. The van der Waals surface area contributed by atoms with Crippen LogP contribution in [0.15, 0.2) is 0 Å². The first-order valence-electron chi connectivity index (χ1n) is 3.27. The van der Waals surface area contributed by atoms with Gasteiger partial charge in [0.15, 0.2) is 5.79 Å². The molecule has 66 valence electrons. The molecule has 0 radical (unpaired) electrons. The van der Waals surface area contributed by atoms with Gasteiger partial charge in [0.25, 0.3) is 0 Å². The summed E-state index contributed by atoms with van der Waals surface area (Å²) in [6.45, 7) is -1.01. The van der Waals surface area contributed by atoms with E-state index in [1.54, 1.807) is 0 Å². The number of ether oxygens (including phenoxy) is 1. The zero-order valence-electron chi connectivity index (χ0n) is 5.84. The van der Waals surface area contributed by atoms with Gasteiger partial charge in [-0.2, -0.15) is 0 Å². The molecule has 0 saturated carbocycles. The minimum Gasteiger partial charge on any atom is -0.419 e. The van der Waals surface area contributed by atoms with E-state index in [-0.39, 0.29) is 6.61 Å². The second kappa shape index (κ2) is 3.04. The van der Waals surface area contributed by atoms with Gasteiger partial charge in [-0.25, -0.2) is 0 Å². The quantitative estimate of drug-likeness (QED) is 0.341.